The summed E-state index contributed by atoms with van der Waals surface area (Å²) in [5.74, 6) is 0.657. The number of rotatable bonds is 5. The quantitative estimate of drug-likeness (QED) is 0.806. The fourth-order valence-corrected chi connectivity index (χ4v) is 5.52. The number of ether oxygens (including phenoxy) is 1. The fourth-order valence-electron chi connectivity index (χ4n) is 5.52. The molecule has 0 radical (unpaired) electrons. The number of epoxide rings is 1. The Morgan fingerprint density at radius 3 is 2.60 bits per heavy atom. The van der Waals surface area contributed by atoms with Crippen molar-refractivity contribution in [2.45, 2.75) is 76.9 Å². The van der Waals surface area contributed by atoms with Gasteiger partial charge < -0.3 is 14.9 Å². The monoisotopic (exact) mass is 345 g/mol. The molecule has 4 heteroatoms. The Labute approximate surface area is 150 Å². The van der Waals surface area contributed by atoms with E-state index in [2.05, 4.69) is 37.8 Å². The molecule has 1 aromatic carbocycles. The van der Waals surface area contributed by atoms with Crippen LogP contribution >= 0.6 is 0 Å². The Morgan fingerprint density at radius 2 is 1.96 bits per heavy atom. The van der Waals surface area contributed by atoms with E-state index in [4.69, 9.17) is 4.74 Å². The smallest absolute Gasteiger partial charge is 0.108 e. The van der Waals surface area contributed by atoms with Gasteiger partial charge in [-0.3, -0.25) is 4.90 Å². The van der Waals surface area contributed by atoms with E-state index in [1.807, 2.05) is 0 Å². The number of benzene rings is 1. The Balaban J connectivity index is 1.73. The zero-order valence-electron chi connectivity index (χ0n) is 15.7. The molecule has 0 spiro atoms. The highest BCUT2D eigenvalue weighted by Crippen LogP contribution is 2.57. The lowest BCUT2D eigenvalue weighted by atomic mass is 9.70. The summed E-state index contributed by atoms with van der Waals surface area (Å²) in [5, 5.41) is 19.4. The summed E-state index contributed by atoms with van der Waals surface area (Å²) in [7, 11) is 0. The Bertz CT molecular complexity index is 673. The predicted molar refractivity (Wildman–Crippen MR) is 97.2 cm³/mol. The zero-order valence-corrected chi connectivity index (χ0v) is 15.7. The van der Waals surface area contributed by atoms with Gasteiger partial charge in [-0.05, 0) is 53.9 Å². The Morgan fingerprint density at radius 1 is 1.24 bits per heavy atom. The molecule has 3 aliphatic rings. The van der Waals surface area contributed by atoms with E-state index in [-0.39, 0.29) is 24.4 Å². The first-order valence-corrected chi connectivity index (χ1v) is 9.77. The molecule has 138 valence electrons. The van der Waals surface area contributed by atoms with Gasteiger partial charge >= 0.3 is 0 Å². The number of fused-ring (bicyclic) bond motifs is 4. The maximum Gasteiger partial charge on any atom is 0.108 e. The predicted octanol–water partition coefficient (Wildman–Crippen LogP) is 2.72. The van der Waals surface area contributed by atoms with Crippen LogP contribution < -0.4 is 0 Å². The molecule has 4 nitrogen and oxygen atoms in total. The number of aliphatic hydroxyl groups excluding tert-OH is 2. The largest absolute Gasteiger partial charge is 0.392 e. The summed E-state index contributed by atoms with van der Waals surface area (Å²) in [5.41, 5.74) is 4.54. The fraction of sp³-hybridized carbons (Fsp3) is 0.714. The van der Waals surface area contributed by atoms with Crippen LogP contribution in [-0.4, -0.2) is 39.9 Å². The van der Waals surface area contributed by atoms with Crippen molar-refractivity contribution in [3.05, 3.63) is 34.4 Å². The normalized spacial score (nSPS) is 33.8. The van der Waals surface area contributed by atoms with E-state index in [1.54, 1.807) is 0 Å². The van der Waals surface area contributed by atoms with Gasteiger partial charge in [-0.2, -0.15) is 0 Å². The average Bonchev–Trinajstić information content (AvgIpc) is 3.28. The maximum atomic E-state index is 9.75. The van der Waals surface area contributed by atoms with Crippen LogP contribution in [0.1, 0.15) is 62.3 Å². The molecule has 2 N–H and O–H groups in total. The molecule has 3 heterocycles. The van der Waals surface area contributed by atoms with E-state index in [9.17, 15) is 10.2 Å². The molecule has 3 unspecified atom stereocenters. The van der Waals surface area contributed by atoms with Crippen LogP contribution in [0.5, 0.6) is 0 Å². The standard InChI is InChI=1S/C21H31NO3/c1-4-20-10-19-21(25-19,9-14(2)3)13-22(20)6-5-15-7-16(11-23)17(12-24)8-18(15)20/h7-8,14,19,23-24H,4-6,9-13H2,1-3H3. The first-order chi connectivity index (χ1) is 12.0. The summed E-state index contributed by atoms with van der Waals surface area (Å²) in [6, 6.07) is 4.29. The first-order valence-electron chi connectivity index (χ1n) is 9.77. The Hall–Kier alpha value is -0.940. The van der Waals surface area contributed by atoms with E-state index in [0.717, 1.165) is 49.9 Å². The summed E-state index contributed by atoms with van der Waals surface area (Å²) in [6.07, 6.45) is 4.63. The molecule has 0 aromatic heterocycles. The molecular formula is C21H31NO3. The van der Waals surface area contributed by atoms with Crippen molar-refractivity contribution in [3.63, 3.8) is 0 Å². The van der Waals surface area contributed by atoms with Crippen LogP contribution in [0.4, 0.5) is 0 Å². The summed E-state index contributed by atoms with van der Waals surface area (Å²) in [6.45, 7) is 8.91. The second-order valence-corrected chi connectivity index (χ2v) is 8.62. The molecule has 0 bridgehead atoms. The molecule has 2 fully saturated rings. The van der Waals surface area contributed by atoms with Crippen molar-refractivity contribution in [1.82, 2.24) is 4.90 Å². The first kappa shape index (κ1) is 17.5. The third-order valence-electron chi connectivity index (χ3n) is 6.75. The molecule has 0 saturated carbocycles. The number of hydrogen-bond donors (Lipinski definition) is 2. The summed E-state index contributed by atoms with van der Waals surface area (Å²) >= 11 is 0. The topological polar surface area (TPSA) is 56.2 Å². The molecule has 2 saturated heterocycles. The minimum atomic E-state index is -0.0137. The summed E-state index contributed by atoms with van der Waals surface area (Å²) < 4.78 is 6.28. The Kier molecular flexibility index (Phi) is 4.23. The highest BCUT2D eigenvalue weighted by atomic mass is 16.6. The molecule has 3 atom stereocenters. The minimum Gasteiger partial charge on any atom is -0.392 e. The van der Waals surface area contributed by atoms with E-state index >= 15 is 0 Å². The second-order valence-electron chi connectivity index (χ2n) is 8.62. The van der Waals surface area contributed by atoms with Gasteiger partial charge in [-0.1, -0.05) is 32.9 Å². The van der Waals surface area contributed by atoms with Gasteiger partial charge in [0.05, 0.1) is 19.3 Å². The summed E-state index contributed by atoms with van der Waals surface area (Å²) in [4.78, 5) is 2.65. The van der Waals surface area contributed by atoms with Crippen LogP contribution in [0, 0.1) is 5.92 Å². The minimum absolute atomic E-state index is 0.00471. The maximum absolute atomic E-state index is 9.75. The lowest BCUT2D eigenvalue weighted by molar-refractivity contribution is 0.0212. The van der Waals surface area contributed by atoms with Gasteiger partial charge in [0.15, 0.2) is 0 Å². The van der Waals surface area contributed by atoms with E-state index in [1.165, 1.54) is 11.1 Å². The van der Waals surface area contributed by atoms with Crippen molar-refractivity contribution in [1.29, 1.82) is 0 Å². The molecule has 0 aliphatic carbocycles. The lowest BCUT2D eigenvalue weighted by Gasteiger charge is -2.52. The van der Waals surface area contributed by atoms with Crippen LogP contribution in [0.25, 0.3) is 0 Å². The van der Waals surface area contributed by atoms with Gasteiger partial charge in [0, 0.05) is 18.6 Å². The number of hydrogen-bond acceptors (Lipinski definition) is 4. The third-order valence-corrected chi connectivity index (χ3v) is 6.75. The van der Waals surface area contributed by atoms with E-state index in [0.29, 0.717) is 12.0 Å². The third kappa shape index (κ3) is 2.57. The zero-order chi connectivity index (χ0) is 17.8. The van der Waals surface area contributed by atoms with Crippen molar-refractivity contribution in [2.24, 2.45) is 5.92 Å². The highest BCUT2D eigenvalue weighted by Gasteiger charge is 2.65. The second kappa shape index (κ2) is 6.05. The lowest BCUT2D eigenvalue weighted by Crippen LogP contribution is -2.58. The van der Waals surface area contributed by atoms with E-state index < -0.39 is 0 Å². The van der Waals surface area contributed by atoms with Crippen molar-refractivity contribution in [3.8, 4) is 0 Å². The SMILES string of the molecule is CCC12CC3OC3(CC(C)C)CN1CCc1cc(CO)c(CO)cc12. The molecule has 4 rings (SSSR count). The molecule has 1 aromatic rings. The van der Waals surface area contributed by atoms with Crippen LogP contribution in [-0.2, 0) is 29.9 Å². The van der Waals surface area contributed by atoms with Gasteiger partial charge in [0.2, 0.25) is 0 Å². The van der Waals surface area contributed by atoms with Crippen LogP contribution in [0.3, 0.4) is 0 Å². The highest BCUT2D eigenvalue weighted by molar-refractivity contribution is 5.45. The van der Waals surface area contributed by atoms with Gasteiger partial charge in [-0.15, -0.1) is 0 Å². The molecule has 25 heavy (non-hydrogen) atoms. The average molecular weight is 345 g/mol. The van der Waals surface area contributed by atoms with Gasteiger partial charge in [0.1, 0.15) is 5.60 Å². The van der Waals surface area contributed by atoms with Crippen LogP contribution in [0.2, 0.25) is 0 Å². The van der Waals surface area contributed by atoms with Crippen LogP contribution in [0.15, 0.2) is 12.1 Å². The number of aliphatic hydroxyl groups is 2. The van der Waals surface area contributed by atoms with Crippen molar-refractivity contribution >= 4 is 0 Å². The molecule has 3 aliphatic heterocycles. The van der Waals surface area contributed by atoms with Crippen molar-refractivity contribution < 1.29 is 14.9 Å². The van der Waals surface area contributed by atoms with Crippen molar-refractivity contribution in [2.75, 3.05) is 13.1 Å². The number of nitrogens with zero attached hydrogens (tertiary/aromatic N) is 1. The number of piperidine rings is 1. The molecular weight excluding hydrogens is 314 g/mol. The molecule has 0 amide bonds. The van der Waals surface area contributed by atoms with Gasteiger partial charge in [0.25, 0.3) is 0 Å². The van der Waals surface area contributed by atoms with Gasteiger partial charge in [-0.25, -0.2) is 0 Å².